The van der Waals surface area contributed by atoms with Gasteiger partial charge in [-0.15, -0.1) is 0 Å². The predicted molar refractivity (Wildman–Crippen MR) is 85.7 cm³/mol. The second kappa shape index (κ2) is 7.35. The first-order valence-electron chi connectivity index (χ1n) is 7.98. The van der Waals surface area contributed by atoms with Crippen LogP contribution in [0.3, 0.4) is 0 Å². The Morgan fingerprint density at radius 1 is 1.10 bits per heavy atom. The van der Waals surface area contributed by atoms with Crippen molar-refractivity contribution in [3.8, 4) is 0 Å². The van der Waals surface area contributed by atoms with Gasteiger partial charge in [-0.3, -0.25) is 9.59 Å². The van der Waals surface area contributed by atoms with E-state index < -0.39 is 0 Å². The van der Waals surface area contributed by atoms with Gasteiger partial charge in [-0.1, -0.05) is 56.5 Å². The summed E-state index contributed by atoms with van der Waals surface area (Å²) in [6, 6.07) is 7.04. The average Bonchev–Trinajstić information content (AvgIpc) is 2.99. The summed E-state index contributed by atoms with van der Waals surface area (Å²) in [6.45, 7) is 3.65. The number of Topliss-reactive ketones (excluding diaryl/α,β-unsaturated/α-hetero) is 2. The van der Waals surface area contributed by atoms with Crippen LogP contribution in [-0.4, -0.2) is 11.6 Å². The molecule has 0 aliphatic heterocycles. The fourth-order valence-electron chi connectivity index (χ4n) is 2.99. The van der Waals surface area contributed by atoms with Gasteiger partial charge in [-0.2, -0.15) is 0 Å². The lowest BCUT2D eigenvalue weighted by molar-refractivity contribution is 0.101. The van der Waals surface area contributed by atoms with Gasteiger partial charge in [0.05, 0.1) is 0 Å². The molecule has 2 nitrogen and oxygen atoms in total. The molecule has 1 aliphatic carbocycles. The Morgan fingerprint density at radius 3 is 2.19 bits per heavy atom. The van der Waals surface area contributed by atoms with Crippen LogP contribution < -0.4 is 0 Å². The third-order valence-corrected chi connectivity index (χ3v) is 4.20. The van der Waals surface area contributed by atoms with Crippen molar-refractivity contribution in [1.29, 1.82) is 0 Å². The largest absolute Gasteiger partial charge is 0.295 e. The van der Waals surface area contributed by atoms with Crippen LogP contribution in [0.1, 0.15) is 73.1 Å². The first-order chi connectivity index (χ1) is 10.1. The number of hydrogen-bond donors (Lipinski definition) is 0. The first-order valence-corrected chi connectivity index (χ1v) is 7.98. The quantitative estimate of drug-likeness (QED) is 0.545. The molecule has 1 fully saturated rings. The van der Waals surface area contributed by atoms with E-state index in [0.29, 0.717) is 17.0 Å². The highest BCUT2D eigenvalue weighted by Gasteiger charge is 2.17. The molecule has 1 saturated carbocycles. The SMILES string of the molecule is CCC/C(=C\C1CCCC1)C(=O)c1ccc(C(C)=O)cc1. The fourth-order valence-corrected chi connectivity index (χ4v) is 2.99. The summed E-state index contributed by atoms with van der Waals surface area (Å²) in [7, 11) is 0. The lowest BCUT2D eigenvalue weighted by Gasteiger charge is -2.09. The molecule has 0 amide bonds. The van der Waals surface area contributed by atoms with Crippen LogP contribution in [0.15, 0.2) is 35.9 Å². The van der Waals surface area contributed by atoms with E-state index in [1.54, 1.807) is 31.2 Å². The van der Waals surface area contributed by atoms with Gasteiger partial charge in [0, 0.05) is 11.1 Å². The summed E-state index contributed by atoms with van der Waals surface area (Å²) < 4.78 is 0. The molecular weight excluding hydrogens is 260 g/mol. The molecule has 2 heteroatoms. The number of benzene rings is 1. The molecule has 0 N–H and O–H groups in total. The van der Waals surface area contributed by atoms with Crippen LogP contribution in [-0.2, 0) is 0 Å². The second-order valence-electron chi connectivity index (χ2n) is 5.95. The number of allylic oxidation sites excluding steroid dienone is 2. The zero-order chi connectivity index (χ0) is 15.2. The van der Waals surface area contributed by atoms with Gasteiger partial charge in [0.1, 0.15) is 0 Å². The fraction of sp³-hybridized carbons (Fsp3) is 0.474. The van der Waals surface area contributed by atoms with Crippen molar-refractivity contribution < 1.29 is 9.59 Å². The minimum atomic E-state index is 0.0317. The molecule has 0 heterocycles. The molecule has 0 aromatic heterocycles. The summed E-state index contributed by atoms with van der Waals surface area (Å²) in [6.07, 6.45) is 9.01. The van der Waals surface area contributed by atoms with Gasteiger partial charge in [-0.25, -0.2) is 0 Å². The van der Waals surface area contributed by atoms with E-state index in [0.717, 1.165) is 18.4 Å². The Bertz CT molecular complexity index is 531. The van der Waals surface area contributed by atoms with Crippen molar-refractivity contribution >= 4 is 11.6 Å². The van der Waals surface area contributed by atoms with Gasteiger partial charge in [0.15, 0.2) is 11.6 Å². The maximum Gasteiger partial charge on any atom is 0.188 e. The molecule has 0 radical (unpaired) electrons. The maximum absolute atomic E-state index is 12.7. The van der Waals surface area contributed by atoms with Gasteiger partial charge in [0.2, 0.25) is 0 Å². The lowest BCUT2D eigenvalue weighted by Crippen LogP contribution is -2.06. The zero-order valence-electron chi connectivity index (χ0n) is 13.0. The van der Waals surface area contributed by atoms with E-state index in [1.807, 2.05) is 0 Å². The van der Waals surface area contributed by atoms with E-state index in [9.17, 15) is 9.59 Å². The predicted octanol–water partition coefficient (Wildman–Crippen LogP) is 4.99. The van der Waals surface area contributed by atoms with Gasteiger partial charge < -0.3 is 0 Å². The summed E-state index contributed by atoms with van der Waals surface area (Å²) in [5, 5.41) is 0. The molecule has 0 unspecified atom stereocenters. The van der Waals surface area contributed by atoms with Crippen molar-refractivity contribution in [3.05, 3.63) is 47.0 Å². The molecular formula is C19H24O2. The van der Waals surface area contributed by atoms with Crippen LogP contribution in [0.4, 0.5) is 0 Å². The maximum atomic E-state index is 12.7. The normalized spacial score (nSPS) is 16.2. The van der Waals surface area contributed by atoms with Gasteiger partial charge >= 0.3 is 0 Å². The summed E-state index contributed by atoms with van der Waals surface area (Å²) >= 11 is 0. The third-order valence-electron chi connectivity index (χ3n) is 4.20. The highest BCUT2D eigenvalue weighted by Crippen LogP contribution is 2.28. The van der Waals surface area contributed by atoms with Crippen LogP contribution >= 0.6 is 0 Å². The molecule has 0 spiro atoms. The Balaban J connectivity index is 2.19. The molecule has 1 aromatic rings. The van der Waals surface area contributed by atoms with E-state index in [-0.39, 0.29) is 11.6 Å². The molecule has 0 bridgehead atoms. The zero-order valence-corrected chi connectivity index (χ0v) is 13.0. The van der Waals surface area contributed by atoms with Crippen molar-refractivity contribution in [1.82, 2.24) is 0 Å². The minimum absolute atomic E-state index is 0.0317. The van der Waals surface area contributed by atoms with E-state index in [4.69, 9.17) is 0 Å². The van der Waals surface area contributed by atoms with Crippen molar-refractivity contribution in [3.63, 3.8) is 0 Å². The number of hydrogen-bond acceptors (Lipinski definition) is 2. The molecule has 0 saturated heterocycles. The molecule has 0 atom stereocenters. The molecule has 1 aromatic carbocycles. The Hall–Kier alpha value is -1.70. The number of carbonyl (C=O) groups is 2. The van der Waals surface area contributed by atoms with Crippen LogP contribution in [0, 0.1) is 5.92 Å². The first kappa shape index (κ1) is 15.7. The van der Waals surface area contributed by atoms with Crippen molar-refractivity contribution in [2.75, 3.05) is 0 Å². The van der Waals surface area contributed by atoms with E-state index in [1.165, 1.54) is 25.7 Å². The van der Waals surface area contributed by atoms with E-state index in [2.05, 4.69) is 13.0 Å². The van der Waals surface area contributed by atoms with Crippen molar-refractivity contribution in [2.45, 2.75) is 52.4 Å². The average molecular weight is 284 g/mol. The molecule has 21 heavy (non-hydrogen) atoms. The standard InChI is InChI=1S/C19H24O2/c1-3-6-18(13-15-7-4-5-8-15)19(21)17-11-9-16(10-12-17)14(2)20/h9-13,15H,3-8H2,1-2H3/b18-13+. The van der Waals surface area contributed by atoms with Gasteiger partial charge in [0.25, 0.3) is 0 Å². The van der Waals surface area contributed by atoms with E-state index >= 15 is 0 Å². The highest BCUT2D eigenvalue weighted by molar-refractivity contribution is 6.09. The van der Waals surface area contributed by atoms with Crippen LogP contribution in [0.2, 0.25) is 0 Å². The second-order valence-corrected chi connectivity index (χ2v) is 5.95. The number of rotatable bonds is 6. The minimum Gasteiger partial charge on any atom is -0.295 e. The molecule has 112 valence electrons. The molecule has 1 aliphatic rings. The third kappa shape index (κ3) is 4.13. The van der Waals surface area contributed by atoms with Crippen LogP contribution in [0.25, 0.3) is 0 Å². The van der Waals surface area contributed by atoms with Crippen LogP contribution in [0.5, 0.6) is 0 Å². The Kier molecular flexibility index (Phi) is 5.49. The van der Waals surface area contributed by atoms with Gasteiger partial charge in [-0.05, 0) is 37.7 Å². The Morgan fingerprint density at radius 2 is 1.67 bits per heavy atom. The topological polar surface area (TPSA) is 34.1 Å². The Labute approximate surface area is 127 Å². The number of ketones is 2. The number of carbonyl (C=O) groups excluding carboxylic acids is 2. The summed E-state index contributed by atoms with van der Waals surface area (Å²) in [4.78, 5) is 23.9. The monoisotopic (exact) mass is 284 g/mol. The highest BCUT2D eigenvalue weighted by atomic mass is 16.1. The summed E-state index contributed by atoms with van der Waals surface area (Å²) in [5.74, 6) is 0.732. The van der Waals surface area contributed by atoms with Crippen molar-refractivity contribution in [2.24, 2.45) is 5.92 Å². The lowest BCUT2D eigenvalue weighted by atomic mass is 9.94. The summed E-state index contributed by atoms with van der Waals surface area (Å²) in [5.41, 5.74) is 2.29. The molecule has 2 rings (SSSR count). The smallest absolute Gasteiger partial charge is 0.188 e.